The molecule has 5 unspecified atom stereocenters. The molecular formula is C22H39N5O6. The Hall–Kier alpha value is -2.69. The summed E-state index contributed by atoms with van der Waals surface area (Å²) in [4.78, 5) is 62.9. The summed E-state index contributed by atoms with van der Waals surface area (Å²) in [5, 5.41) is 14.7. The van der Waals surface area contributed by atoms with Gasteiger partial charge in [-0.1, -0.05) is 34.1 Å². The van der Waals surface area contributed by atoms with E-state index in [0.29, 0.717) is 32.2 Å². The summed E-state index contributed by atoms with van der Waals surface area (Å²) in [7, 11) is 0. The second-order valence-corrected chi connectivity index (χ2v) is 9.20. The van der Waals surface area contributed by atoms with Crippen LogP contribution in [0.2, 0.25) is 0 Å². The third-order valence-corrected chi connectivity index (χ3v) is 5.97. The average molecular weight is 470 g/mol. The topological polar surface area (TPSA) is 185 Å². The van der Waals surface area contributed by atoms with Crippen molar-refractivity contribution in [3.05, 3.63) is 0 Å². The summed E-state index contributed by atoms with van der Waals surface area (Å²) >= 11 is 0. The predicted molar refractivity (Wildman–Crippen MR) is 122 cm³/mol. The van der Waals surface area contributed by atoms with Crippen LogP contribution < -0.4 is 22.1 Å². The van der Waals surface area contributed by atoms with Gasteiger partial charge in [0.15, 0.2) is 0 Å². The largest absolute Gasteiger partial charge is 0.480 e. The van der Waals surface area contributed by atoms with Gasteiger partial charge in [-0.15, -0.1) is 0 Å². The molecule has 5 atom stereocenters. The molecule has 0 radical (unpaired) electrons. The van der Waals surface area contributed by atoms with E-state index in [0.717, 1.165) is 0 Å². The number of nitrogens with one attached hydrogen (secondary N) is 2. The zero-order valence-corrected chi connectivity index (χ0v) is 20.0. The summed E-state index contributed by atoms with van der Waals surface area (Å²) in [6, 6.07) is -3.85. The van der Waals surface area contributed by atoms with E-state index in [2.05, 4.69) is 10.6 Å². The number of primary amides is 1. The molecule has 188 valence electrons. The van der Waals surface area contributed by atoms with Gasteiger partial charge < -0.3 is 32.1 Å². The summed E-state index contributed by atoms with van der Waals surface area (Å²) < 4.78 is 0. The quantitative estimate of drug-likeness (QED) is 0.245. The lowest BCUT2D eigenvalue weighted by molar-refractivity contribution is -0.150. The van der Waals surface area contributed by atoms with Gasteiger partial charge in [0, 0.05) is 13.0 Å². The lowest BCUT2D eigenvalue weighted by Gasteiger charge is -2.31. The fourth-order valence-electron chi connectivity index (χ4n) is 3.85. The molecule has 0 saturated carbocycles. The Labute approximate surface area is 195 Å². The monoisotopic (exact) mass is 469 g/mol. The summed E-state index contributed by atoms with van der Waals surface area (Å²) in [5.74, 6) is -3.49. The number of hydrogen-bond acceptors (Lipinski definition) is 6. The van der Waals surface area contributed by atoms with Crippen LogP contribution in [0.5, 0.6) is 0 Å². The fraction of sp³-hybridized carbons (Fsp3) is 0.773. The summed E-state index contributed by atoms with van der Waals surface area (Å²) in [6.07, 6.45) is 1.69. The van der Waals surface area contributed by atoms with Gasteiger partial charge in [0.1, 0.15) is 18.1 Å². The Morgan fingerprint density at radius 1 is 1.09 bits per heavy atom. The number of aliphatic carboxylic acids is 1. The first-order valence-electron chi connectivity index (χ1n) is 11.6. The number of rotatable bonds is 13. The van der Waals surface area contributed by atoms with Gasteiger partial charge in [-0.2, -0.15) is 0 Å². The maximum atomic E-state index is 13.2. The first kappa shape index (κ1) is 28.3. The van der Waals surface area contributed by atoms with Crippen LogP contribution in [0.15, 0.2) is 0 Å². The number of hydrogen-bond donors (Lipinski definition) is 5. The fourth-order valence-corrected chi connectivity index (χ4v) is 3.85. The molecular weight excluding hydrogens is 430 g/mol. The molecule has 4 amide bonds. The first-order valence-corrected chi connectivity index (χ1v) is 11.6. The lowest BCUT2D eigenvalue weighted by atomic mass is 9.96. The number of nitrogens with zero attached hydrogens (tertiary/aromatic N) is 1. The predicted octanol–water partition coefficient (Wildman–Crippen LogP) is -0.283. The van der Waals surface area contributed by atoms with E-state index in [1.165, 1.54) is 4.90 Å². The maximum Gasteiger partial charge on any atom is 0.326 e. The van der Waals surface area contributed by atoms with Crippen LogP contribution in [-0.4, -0.2) is 70.3 Å². The van der Waals surface area contributed by atoms with Crippen LogP contribution in [0.3, 0.4) is 0 Å². The van der Waals surface area contributed by atoms with Crippen LogP contribution in [0.1, 0.15) is 66.2 Å². The van der Waals surface area contributed by atoms with Gasteiger partial charge in [-0.05, 0) is 37.5 Å². The summed E-state index contributed by atoms with van der Waals surface area (Å²) in [6.45, 7) is 7.76. The Balaban J connectivity index is 3.04. The minimum Gasteiger partial charge on any atom is -0.480 e. The molecule has 11 heteroatoms. The van der Waals surface area contributed by atoms with Gasteiger partial charge in [0.05, 0.1) is 6.04 Å². The van der Waals surface area contributed by atoms with Crippen molar-refractivity contribution in [1.29, 1.82) is 0 Å². The molecule has 1 aliphatic rings. The van der Waals surface area contributed by atoms with Crippen LogP contribution in [-0.2, 0) is 24.0 Å². The van der Waals surface area contributed by atoms with Crippen molar-refractivity contribution in [2.24, 2.45) is 23.3 Å². The van der Waals surface area contributed by atoms with E-state index in [-0.39, 0.29) is 24.7 Å². The standard InChI is InChI=1S/C22H39N5O6/c1-5-13(4)18(21(31)27-10-6-7-16(27)22(32)33)26-20(30)15(8-9-17(24)28)25-19(29)14(23)11-12(2)3/h12-16,18H,5-11,23H2,1-4H3,(H2,24,28)(H,25,29)(H,26,30)(H,32,33). The lowest BCUT2D eigenvalue weighted by Crippen LogP contribution is -2.58. The normalized spacial score (nSPS) is 19.5. The highest BCUT2D eigenvalue weighted by Crippen LogP contribution is 2.21. The smallest absolute Gasteiger partial charge is 0.326 e. The molecule has 0 aromatic rings. The van der Waals surface area contributed by atoms with E-state index in [9.17, 15) is 29.1 Å². The molecule has 0 bridgehead atoms. The van der Waals surface area contributed by atoms with E-state index in [4.69, 9.17) is 11.5 Å². The van der Waals surface area contributed by atoms with Crippen LogP contribution in [0.25, 0.3) is 0 Å². The maximum absolute atomic E-state index is 13.2. The van der Waals surface area contributed by atoms with E-state index in [1.807, 2.05) is 20.8 Å². The Morgan fingerprint density at radius 2 is 1.73 bits per heavy atom. The number of carboxylic acid groups (broad SMARTS) is 1. The molecule has 33 heavy (non-hydrogen) atoms. The number of likely N-dealkylation sites (tertiary alicyclic amines) is 1. The van der Waals surface area contributed by atoms with Crippen molar-refractivity contribution in [2.45, 2.75) is 90.4 Å². The molecule has 1 rings (SSSR count). The molecule has 7 N–H and O–H groups in total. The minimum atomic E-state index is -1.11. The highest BCUT2D eigenvalue weighted by molar-refractivity contribution is 5.94. The minimum absolute atomic E-state index is 0.0514. The Kier molecular flexibility index (Phi) is 11.3. The molecule has 11 nitrogen and oxygen atoms in total. The molecule has 1 aliphatic heterocycles. The molecule has 0 aromatic heterocycles. The van der Waals surface area contributed by atoms with E-state index in [1.54, 1.807) is 6.92 Å². The number of amides is 4. The number of carbonyl (C=O) groups is 5. The Morgan fingerprint density at radius 3 is 2.24 bits per heavy atom. The van der Waals surface area contributed by atoms with Gasteiger partial charge in [0.2, 0.25) is 23.6 Å². The van der Waals surface area contributed by atoms with Gasteiger partial charge in [-0.25, -0.2) is 4.79 Å². The number of carboxylic acids is 1. The van der Waals surface area contributed by atoms with Crippen molar-refractivity contribution in [3.63, 3.8) is 0 Å². The molecule has 0 aromatic carbocycles. The van der Waals surface area contributed by atoms with E-state index >= 15 is 0 Å². The molecule has 0 spiro atoms. The number of nitrogens with two attached hydrogens (primary N) is 2. The number of carbonyl (C=O) groups excluding carboxylic acids is 4. The molecule has 1 saturated heterocycles. The second kappa shape index (κ2) is 13.1. The SMILES string of the molecule is CCC(C)C(NC(=O)C(CCC(N)=O)NC(=O)C(N)CC(C)C)C(=O)N1CCCC1C(=O)O. The van der Waals surface area contributed by atoms with Crippen LogP contribution in [0, 0.1) is 11.8 Å². The van der Waals surface area contributed by atoms with Crippen LogP contribution in [0.4, 0.5) is 0 Å². The van der Waals surface area contributed by atoms with Crippen molar-refractivity contribution in [1.82, 2.24) is 15.5 Å². The summed E-state index contributed by atoms with van der Waals surface area (Å²) in [5.41, 5.74) is 11.1. The highest BCUT2D eigenvalue weighted by Gasteiger charge is 2.40. The highest BCUT2D eigenvalue weighted by atomic mass is 16.4. The first-order chi connectivity index (χ1) is 15.4. The zero-order chi connectivity index (χ0) is 25.3. The second-order valence-electron chi connectivity index (χ2n) is 9.20. The van der Waals surface area contributed by atoms with Gasteiger partial charge in [0.25, 0.3) is 0 Å². The Bertz CT molecular complexity index is 728. The van der Waals surface area contributed by atoms with Crippen molar-refractivity contribution >= 4 is 29.6 Å². The van der Waals surface area contributed by atoms with Gasteiger partial charge in [-0.3, -0.25) is 19.2 Å². The zero-order valence-electron chi connectivity index (χ0n) is 20.0. The third kappa shape index (κ3) is 8.64. The molecule has 0 aliphatic carbocycles. The third-order valence-electron chi connectivity index (χ3n) is 5.97. The van der Waals surface area contributed by atoms with Crippen LogP contribution >= 0.6 is 0 Å². The molecule has 1 heterocycles. The van der Waals surface area contributed by atoms with Crippen molar-refractivity contribution in [3.8, 4) is 0 Å². The van der Waals surface area contributed by atoms with Crippen molar-refractivity contribution in [2.75, 3.05) is 6.54 Å². The van der Waals surface area contributed by atoms with Gasteiger partial charge >= 0.3 is 5.97 Å². The molecule has 1 fully saturated rings. The van der Waals surface area contributed by atoms with E-state index < -0.39 is 53.8 Å². The average Bonchev–Trinajstić information content (AvgIpc) is 3.23. The van der Waals surface area contributed by atoms with Crippen molar-refractivity contribution < 1.29 is 29.1 Å².